The number of carbonyl (C=O) groups is 1. The topological polar surface area (TPSA) is 26.3 Å². The standard InChI is InChI=1S/C22H36O2/c1-21(2)12-7-13-22(3)17-11-10-16(19(17)21)18(22)14-24-20(23)15-8-5-4-6-9-15/h15-19H,4-14H2,1-3H3. The van der Waals surface area contributed by atoms with E-state index in [2.05, 4.69) is 20.8 Å². The summed E-state index contributed by atoms with van der Waals surface area (Å²) in [6.07, 6.45) is 12.7. The average molecular weight is 333 g/mol. The van der Waals surface area contributed by atoms with Crippen LogP contribution in [0.2, 0.25) is 0 Å². The molecule has 0 aromatic rings. The Balaban J connectivity index is 1.47. The molecule has 2 heteroatoms. The lowest BCUT2D eigenvalue weighted by atomic mass is 9.65. The van der Waals surface area contributed by atoms with Crippen LogP contribution in [0.4, 0.5) is 0 Å². The Morgan fingerprint density at radius 1 is 0.958 bits per heavy atom. The van der Waals surface area contributed by atoms with Gasteiger partial charge in [0.2, 0.25) is 0 Å². The summed E-state index contributed by atoms with van der Waals surface area (Å²) in [5.74, 6) is 3.47. The highest BCUT2D eigenvalue weighted by Crippen LogP contribution is 2.70. The molecule has 0 radical (unpaired) electrons. The molecule has 4 bridgehead atoms. The molecule has 0 spiro atoms. The highest BCUT2D eigenvalue weighted by atomic mass is 16.5. The Morgan fingerprint density at radius 3 is 2.46 bits per heavy atom. The Bertz CT molecular complexity index is 490. The van der Waals surface area contributed by atoms with E-state index >= 15 is 0 Å². The molecule has 0 N–H and O–H groups in total. The summed E-state index contributed by atoms with van der Waals surface area (Å²) in [5, 5.41) is 0. The number of hydrogen-bond acceptors (Lipinski definition) is 2. The van der Waals surface area contributed by atoms with Crippen molar-refractivity contribution in [1.82, 2.24) is 0 Å². The van der Waals surface area contributed by atoms with Crippen molar-refractivity contribution in [1.29, 1.82) is 0 Å². The molecule has 0 saturated heterocycles. The zero-order valence-corrected chi connectivity index (χ0v) is 16.0. The quantitative estimate of drug-likeness (QED) is 0.629. The molecule has 0 aromatic heterocycles. The van der Waals surface area contributed by atoms with Crippen LogP contribution in [0.15, 0.2) is 0 Å². The Hall–Kier alpha value is -0.530. The predicted octanol–water partition coefficient (Wildman–Crippen LogP) is 5.60. The van der Waals surface area contributed by atoms with Gasteiger partial charge in [-0.1, -0.05) is 46.5 Å². The summed E-state index contributed by atoms with van der Waals surface area (Å²) in [7, 11) is 0. The van der Waals surface area contributed by atoms with Crippen molar-refractivity contribution in [3.8, 4) is 0 Å². The molecule has 0 heterocycles. The van der Waals surface area contributed by atoms with Crippen molar-refractivity contribution in [2.45, 2.75) is 85.0 Å². The van der Waals surface area contributed by atoms with Crippen LogP contribution in [-0.4, -0.2) is 12.6 Å². The molecule has 4 rings (SSSR count). The largest absolute Gasteiger partial charge is 0.465 e. The van der Waals surface area contributed by atoms with Crippen LogP contribution in [-0.2, 0) is 9.53 Å². The van der Waals surface area contributed by atoms with E-state index in [1.807, 2.05) is 0 Å². The smallest absolute Gasteiger partial charge is 0.308 e. The number of esters is 1. The monoisotopic (exact) mass is 332 g/mol. The molecule has 4 fully saturated rings. The third kappa shape index (κ3) is 2.54. The lowest BCUT2D eigenvalue weighted by Gasteiger charge is -2.41. The third-order valence-electron chi connectivity index (χ3n) is 8.70. The number of rotatable bonds is 3. The molecule has 24 heavy (non-hydrogen) atoms. The van der Waals surface area contributed by atoms with Gasteiger partial charge in [0.15, 0.2) is 0 Å². The van der Waals surface area contributed by atoms with Gasteiger partial charge in [0, 0.05) is 5.92 Å². The van der Waals surface area contributed by atoms with E-state index in [0.29, 0.717) is 23.4 Å². The fourth-order valence-electron chi connectivity index (χ4n) is 7.51. The van der Waals surface area contributed by atoms with Crippen molar-refractivity contribution in [2.24, 2.45) is 40.4 Å². The summed E-state index contributed by atoms with van der Waals surface area (Å²) in [4.78, 5) is 12.5. The van der Waals surface area contributed by atoms with Crippen molar-refractivity contribution < 1.29 is 9.53 Å². The van der Waals surface area contributed by atoms with Crippen LogP contribution in [0.3, 0.4) is 0 Å². The van der Waals surface area contributed by atoms with E-state index in [1.54, 1.807) is 0 Å². The van der Waals surface area contributed by atoms with Crippen LogP contribution in [0, 0.1) is 40.4 Å². The molecular formula is C22H36O2. The van der Waals surface area contributed by atoms with E-state index in [0.717, 1.165) is 30.6 Å². The van der Waals surface area contributed by atoms with Gasteiger partial charge in [-0.15, -0.1) is 0 Å². The summed E-state index contributed by atoms with van der Waals surface area (Å²) in [5.41, 5.74) is 0.903. The fraction of sp³-hybridized carbons (Fsp3) is 0.955. The molecule has 2 nitrogen and oxygen atoms in total. The van der Waals surface area contributed by atoms with Crippen molar-refractivity contribution in [3.05, 3.63) is 0 Å². The molecular weight excluding hydrogens is 296 g/mol. The first kappa shape index (κ1) is 16.9. The molecule has 4 aliphatic carbocycles. The molecule has 0 aliphatic heterocycles. The van der Waals surface area contributed by atoms with E-state index in [4.69, 9.17) is 4.74 Å². The minimum Gasteiger partial charge on any atom is -0.465 e. The highest BCUT2D eigenvalue weighted by Gasteiger charge is 2.64. The molecule has 5 unspecified atom stereocenters. The van der Waals surface area contributed by atoms with Gasteiger partial charge in [0.05, 0.1) is 12.5 Å². The zero-order chi connectivity index (χ0) is 16.9. The number of hydrogen-bond donors (Lipinski definition) is 0. The Kier molecular flexibility index (Phi) is 4.24. The molecule has 0 amide bonds. The van der Waals surface area contributed by atoms with Gasteiger partial charge in [0.25, 0.3) is 0 Å². The minimum absolute atomic E-state index is 0.118. The van der Waals surface area contributed by atoms with Gasteiger partial charge in [0.1, 0.15) is 0 Å². The second kappa shape index (κ2) is 6.02. The van der Waals surface area contributed by atoms with Crippen molar-refractivity contribution in [3.63, 3.8) is 0 Å². The predicted molar refractivity (Wildman–Crippen MR) is 96.5 cm³/mol. The van der Waals surface area contributed by atoms with Crippen molar-refractivity contribution in [2.75, 3.05) is 6.61 Å². The molecule has 5 atom stereocenters. The Labute approximate surface area is 148 Å². The average Bonchev–Trinajstić information content (AvgIpc) is 3.06. The maximum Gasteiger partial charge on any atom is 0.308 e. The summed E-state index contributed by atoms with van der Waals surface area (Å²) < 4.78 is 5.96. The first-order valence-electron chi connectivity index (χ1n) is 10.6. The van der Waals surface area contributed by atoms with E-state index in [-0.39, 0.29) is 11.9 Å². The zero-order valence-electron chi connectivity index (χ0n) is 16.0. The summed E-state index contributed by atoms with van der Waals surface area (Å²) in [6.45, 7) is 8.25. The fourth-order valence-corrected chi connectivity index (χ4v) is 7.51. The molecule has 0 aromatic carbocycles. The van der Waals surface area contributed by atoms with Crippen molar-refractivity contribution >= 4 is 5.97 Å². The van der Waals surface area contributed by atoms with E-state index < -0.39 is 0 Å². The van der Waals surface area contributed by atoms with Gasteiger partial charge in [-0.2, -0.15) is 0 Å². The molecule has 136 valence electrons. The normalized spacial score (nSPS) is 44.3. The summed E-state index contributed by atoms with van der Waals surface area (Å²) in [6, 6.07) is 0. The summed E-state index contributed by atoms with van der Waals surface area (Å²) >= 11 is 0. The number of ether oxygens (including phenoxy) is 1. The molecule has 4 aliphatic rings. The maximum atomic E-state index is 12.5. The minimum atomic E-state index is 0.118. The van der Waals surface area contributed by atoms with Crippen LogP contribution in [0.5, 0.6) is 0 Å². The first-order chi connectivity index (χ1) is 11.4. The van der Waals surface area contributed by atoms with E-state index in [1.165, 1.54) is 51.4 Å². The van der Waals surface area contributed by atoms with Crippen LogP contribution >= 0.6 is 0 Å². The van der Waals surface area contributed by atoms with Crippen LogP contribution < -0.4 is 0 Å². The van der Waals surface area contributed by atoms with Gasteiger partial charge in [-0.05, 0) is 67.1 Å². The maximum absolute atomic E-state index is 12.5. The molecule has 4 saturated carbocycles. The SMILES string of the molecule is CC1(C)CCCC2(C)C(COC(=O)C3CCCCC3)C3CCC2C31. The first-order valence-corrected chi connectivity index (χ1v) is 10.6. The van der Waals surface area contributed by atoms with Crippen LogP contribution in [0.1, 0.15) is 85.0 Å². The number of carbonyl (C=O) groups excluding carboxylic acids is 1. The van der Waals surface area contributed by atoms with Gasteiger partial charge < -0.3 is 4.74 Å². The lowest BCUT2D eigenvalue weighted by Crippen LogP contribution is -2.37. The van der Waals surface area contributed by atoms with E-state index in [9.17, 15) is 4.79 Å². The second-order valence-corrected chi connectivity index (χ2v) is 10.3. The second-order valence-electron chi connectivity index (χ2n) is 10.3. The Morgan fingerprint density at radius 2 is 1.71 bits per heavy atom. The van der Waals surface area contributed by atoms with Crippen LogP contribution in [0.25, 0.3) is 0 Å². The third-order valence-corrected chi connectivity index (χ3v) is 8.70. The van der Waals surface area contributed by atoms with Gasteiger partial charge in [-0.25, -0.2) is 0 Å². The highest BCUT2D eigenvalue weighted by molar-refractivity contribution is 5.72. The van der Waals surface area contributed by atoms with Gasteiger partial charge >= 0.3 is 5.97 Å². The van der Waals surface area contributed by atoms with Gasteiger partial charge in [-0.3, -0.25) is 4.79 Å². The lowest BCUT2D eigenvalue weighted by molar-refractivity contribution is -0.153.